The third-order valence-corrected chi connectivity index (χ3v) is 11.4. The lowest BCUT2D eigenvalue weighted by Gasteiger charge is -2.38. The lowest BCUT2D eigenvalue weighted by atomic mass is 9.78. The number of aliphatic hydroxyl groups excluding tert-OH is 3. The molecule has 3 aliphatic rings. The van der Waals surface area contributed by atoms with Crippen LogP contribution in [0, 0.1) is 30.6 Å². The summed E-state index contributed by atoms with van der Waals surface area (Å²) in [5.41, 5.74) is -0.664. The van der Waals surface area contributed by atoms with Crippen LogP contribution in [0.2, 0.25) is 0 Å². The molecule has 16 nitrogen and oxygen atoms in total. The fourth-order valence-corrected chi connectivity index (χ4v) is 7.65. The van der Waals surface area contributed by atoms with E-state index in [9.17, 15) is 39.9 Å². The first kappa shape index (κ1) is 47.5. The van der Waals surface area contributed by atoms with Crippen molar-refractivity contribution < 1.29 is 68.8 Å². The van der Waals surface area contributed by atoms with Gasteiger partial charge in [0.05, 0.1) is 53.0 Å². The zero-order valence-corrected chi connectivity index (χ0v) is 35.7. The van der Waals surface area contributed by atoms with Gasteiger partial charge in [-0.15, -0.1) is 0 Å². The number of nitrogens with zero attached hydrogens (tertiary/aromatic N) is 1. The Bertz CT molecular complexity index is 2030. The first-order valence-corrected chi connectivity index (χ1v) is 20.2. The monoisotopic (exact) mass is 840 g/mol. The third-order valence-electron chi connectivity index (χ3n) is 11.4. The van der Waals surface area contributed by atoms with Crippen molar-refractivity contribution in [1.82, 2.24) is 0 Å². The Morgan fingerprint density at radius 3 is 2.27 bits per heavy atom. The minimum atomic E-state index is -2.07. The summed E-state index contributed by atoms with van der Waals surface area (Å²) in [6.07, 6.45) is 7.26. The molecule has 3 aliphatic heterocycles. The van der Waals surface area contributed by atoms with Gasteiger partial charge in [0.15, 0.2) is 5.75 Å². The number of benzene rings is 2. The summed E-state index contributed by atoms with van der Waals surface area (Å²) < 4.78 is 23.5. The zero-order chi connectivity index (χ0) is 44.6. The molecule has 5 bridgehead atoms. The first-order chi connectivity index (χ1) is 28.3. The second-order valence-electron chi connectivity index (χ2n) is 15.8. The number of amides is 1. The molecule has 9 atom stereocenters. The molecular formula is C44H60N2O14. The van der Waals surface area contributed by atoms with E-state index in [0.29, 0.717) is 12.8 Å². The highest BCUT2D eigenvalue weighted by Gasteiger charge is 2.50. The van der Waals surface area contributed by atoms with Crippen LogP contribution in [0.1, 0.15) is 95.6 Å². The van der Waals surface area contributed by atoms with Gasteiger partial charge >= 0.3 is 11.8 Å². The van der Waals surface area contributed by atoms with Crippen molar-refractivity contribution >= 4 is 40.3 Å². The Morgan fingerprint density at radius 1 is 0.933 bits per heavy atom. The number of ketones is 1. The van der Waals surface area contributed by atoms with E-state index in [1.54, 1.807) is 39.8 Å². The van der Waals surface area contributed by atoms with E-state index in [4.69, 9.17) is 28.9 Å². The molecule has 5 rings (SSSR count). The van der Waals surface area contributed by atoms with Gasteiger partial charge < -0.3 is 59.7 Å². The van der Waals surface area contributed by atoms with Crippen molar-refractivity contribution in [2.75, 3.05) is 25.6 Å². The highest BCUT2D eigenvalue weighted by atomic mass is 16.7. The Kier molecular flexibility index (Phi) is 16.2. The van der Waals surface area contributed by atoms with Gasteiger partial charge in [-0.05, 0) is 39.2 Å². The van der Waals surface area contributed by atoms with E-state index in [1.165, 1.54) is 53.2 Å². The van der Waals surface area contributed by atoms with Crippen LogP contribution in [0.5, 0.6) is 23.0 Å². The van der Waals surface area contributed by atoms with Gasteiger partial charge in [-0.1, -0.05) is 57.5 Å². The number of phenolic OH excluding ortho intramolecular Hbond substituents is 3. The van der Waals surface area contributed by atoms with Crippen molar-refractivity contribution in [3.05, 3.63) is 52.8 Å². The predicted molar refractivity (Wildman–Crippen MR) is 223 cm³/mol. The smallest absolute Gasteiger partial charge is 0.312 e. The second kappa shape index (κ2) is 20.4. The van der Waals surface area contributed by atoms with E-state index in [0.717, 1.165) is 19.1 Å². The molecule has 0 radical (unpaired) electrons. The standard InChI is InChI=1S/C44H60N2O14/c1-22-15-14-16-23(2)43(55)46-34-29(21-45-58-19-13-11-10-12-18-47)38(52)31-32(39(34)53)37(51)27(6)41-33(31)42(54)44(8,60-41)57-20-17-30(56-9)24(3)40(59-28(7)48)26(5)36(50)25(4)35(22)49/h14-17,20-22,24-26,30,35-36,40,47,49-53H,10-13,18-19H2,1-9H3,(H,46,55)/b15-14+,20-17+,23-16+,45-21+/t22-,24+,25+,26+,30-,35-,36+,40+,44-/m0/s1. The van der Waals surface area contributed by atoms with E-state index >= 15 is 0 Å². The van der Waals surface area contributed by atoms with E-state index in [-0.39, 0.29) is 57.7 Å². The van der Waals surface area contributed by atoms with Gasteiger partial charge in [0.25, 0.3) is 11.7 Å². The second-order valence-corrected chi connectivity index (χ2v) is 15.8. The number of aliphatic hydroxyl groups is 3. The van der Waals surface area contributed by atoms with Gasteiger partial charge in [0, 0.05) is 67.8 Å². The number of esters is 1. The molecule has 7 N–H and O–H groups in total. The number of rotatable bonds is 10. The minimum Gasteiger partial charge on any atom is -0.507 e. The maximum absolute atomic E-state index is 14.4. The maximum atomic E-state index is 14.4. The fraction of sp³-hybridized carbons (Fsp3) is 0.545. The van der Waals surface area contributed by atoms with Crippen LogP contribution in [0.3, 0.4) is 0 Å². The van der Waals surface area contributed by atoms with Gasteiger partial charge in [0.1, 0.15) is 30.0 Å². The van der Waals surface area contributed by atoms with Crippen LogP contribution < -0.4 is 10.1 Å². The fourth-order valence-electron chi connectivity index (χ4n) is 7.65. The van der Waals surface area contributed by atoms with Gasteiger partial charge in [-0.2, -0.15) is 0 Å². The van der Waals surface area contributed by atoms with Crippen molar-refractivity contribution in [1.29, 1.82) is 0 Å². The summed E-state index contributed by atoms with van der Waals surface area (Å²) in [7, 11) is 1.42. The van der Waals surface area contributed by atoms with Crippen molar-refractivity contribution in [3.8, 4) is 23.0 Å². The largest absolute Gasteiger partial charge is 0.507 e. The number of aromatic hydroxyl groups is 3. The number of Topliss-reactive ketones (excluding diaryl/α,β-unsaturated/α-hetero) is 1. The lowest BCUT2D eigenvalue weighted by molar-refractivity contribution is -0.160. The number of fused-ring (bicyclic) bond motifs is 14. The topological polar surface area (TPSA) is 243 Å². The number of methoxy groups -OCH3 is 1. The van der Waals surface area contributed by atoms with Crippen molar-refractivity contribution in [2.45, 2.75) is 111 Å². The van der Waals surface area contributed by atoms with Gasteiger partial charge in [0.2, 0.25) is 0 Å². The molecule has 0 aliphatic carbocycles. The summed E-state index contributed by atoms with van der Waals surface area (Å²) in [6.45, 7) is 12.6. The van der Waals surface area contributed by atoms with E-state index in [2.05, 4.69) is 10.5 Å². The van der Waals surface area contributed by atoms with Crippen LogP contribution in [-0.4, -0.2) is 105 Å². The average Bonchev–Trinajstić information content (AvgIpc) is 3.47. The molecule has 60 heavy (non-hydrogen) atoms. The molecule has 0 spiro atoms. The molecule has 0 unspecified atom stereocenters. The molecule has 1 amide bonds. The van der Waals surface area contributed by atoms with Crippen molar-refractivity contribution in [3.63, 3.8) is 0 Å². The third kappa shape index (κ3) is 10.1. The lowest BCUT2D eigenvalue weighted by Crippen LogP contribution is -2.46. The van der Waals surface area contributed by atoms with Crippen LogP contribution in [-0.2, 0) is 28.6 Å². The Morgan fingerprint density at radius 2 is 1.62 bits per heavy atom. The molecule has 3 heterocycles. The summed E-state index contributed by atoms with van der Waals surface area (Å²) in [5, 5.41) is 73.1. The summed E-state index contributed by atoms with van der Waals surface area (Å²) >= 11 is 0. The van der Waals surface area contributed by atoms with Gasteiger partial charge in [-0.25, -0.2) is 0 Å². The number of carbonyl (C=O) groups is 3. The molecule has 2 aromatic carbocycles. The number of hydrogen-bond acceptors (Lipinski definition) is 15. The number of hydrogen-bond donors (Lipinski definition) is 7. The summed E-state index contributed by atoms with van der Waals surface area (Å²) in [5.74, 6) is -8.74. The summed E-state index contributed by atoms with van der Waals surface area (Å²) in [4.78, 5) is 45.8. The molecule has 0 saturated carbocycles. The number of oxime groups is 1. The molecule has 0 saturated heterocycles. The molecule has 330 valence electrons. The number of carbonyl (C=O) groups excluding carboxylic acids is 3. The molecule has 0 aromatic heterocycles. The quantitative estimate of drug-likeness (QED) is 0.0382. The van der Waals surface area contributed by atoms with Gasteiger partial charge in [-0.3, -0.25) is 14.4 Å². The SMILES string of the molecule is CO[C@H]1/C=C/O[C@@]2(C)Oc3c(C)c(O)c4c(O)c(c(/C=N/OCCCCCCO)c(O)c4c3C2=O)NC(=O)/C(C)=C/C=C/[C@H](C)[C@H](O)[C@@H](C)[C@@H](O)[C@@H](C)[C@H](OC(C)=O)[C@@H]1C. The number of phenols is 3. The normalized spacial score (nSPS) is 29.8. The predicted octanol–water partition coefficient (Wildman–Crippen LogP) is 5.66. The number of ether oxygens (including phenoxy) is 4. The van der Waals surface area contributed by atoms with E-state index in [1.807, 2.05) is 0 Å². The number of unbranched alkanes of at least 4 members (excludes halogenated alkanes) is 3. The van der Waals surface area contributed by atoms with Crippen LogP contribution in [0.15, 0.2) is 41.3 Å². The average molecular weight is 841 g/mol. The Labute approximate surface area is 350 Å². The number of anilines is 1. The summed E-state index contributed by atoms with van der Waals surface area (Å²) in [6, 6.07) is 0. The van der Waals surface area contributed by atoms with Crippen LogP contribution in [0.25, 0.3) is 10.8 Å². The first-order valence-electron chi connectivity index (χ1n) is 20.2. The Balaban J connectivity index is 1.92. The maximum Gasteiger partial charge on any atom is 0.312 e. The van der Waals surface area contributed by atoms with E-state index < -0.39 is 88.8 Å². The molecular weight excluding hydrogens is 780 g/mol. The van der Waals surface area contributed by atoms with Crippen LogP contribution >= 0.6 is 0 Å². The molecule has 2 aromatic rings. The number of allylic oxidation sites excluding steroid dienone is 2. The van der Waals surface area contributed by atoms with Crippen LogP contribution in [0.4, 0.5) is 5.69 Å². The molecule has 0 fully saturated rings. The zero-order valence-electron chi connectivity index (χ0n) is 35.7. The Hall–Kier alpha value is -5.16. The highest BCUT2D eigenvalue weighted by Crippen LogP contribution is 2.55. The van der Waals surface area contributed by atoms with Crippen molar-refractivity contribution in [2.24, 2.45) is 28.8 Å². The highest BCUT2D eigenvalue weighted by molar-refractivity contribution is 6.23. The minimum absolute atomic E-state index is 0.0255. The molecule has 16 heteroatoms. The number of nitrogens with one attached hydrogen (secondary N) is 1.